The molecule has 0 fully saturated rings. The predicted molar refractivity (Wildman–Crippen MR) is 109 cm³/mol. The van der Waals surface area contributed by atoms with E-state index >= 15 is 0 Å². The zero-order valence-electron chi connectivity index (χ0n) is 16.9. The number of ether oxygens (including phenoxy) is 4. The Morgan fingerprint density at radius 3 is 2.62 bits per heavy atom. The lowest BCUT2D eigenvalue weighted by molar-refractivity contribution is 0.0745. The van der Waals surface area contributed by atoms with Gasteiger partial charge in [0.25, 0.3) is 0 Å². The van der Waals surface area contributed by atoms with E-state index in [-0.39, 0.29) is 23.9 Å². The molecule has 2 aliphatic heterocycles. The second-order valence-corrected chi connectivity index (χ2v) is 8.02. The van der Waals surface area contributed by atoms with E-state index in [1.165, 1.54) is 0 Å². The third-order valence-electron chi connectivity index (χ3n) is 6.29. The van der Waals surface area contributed by atoms with E-state index in [4.69, 9.17) is 18.9 Å². The standard InChI is InChI=1S/C24H24O5/c1-12(2)19-11-16-17(28-19)8-6-14-23(25)22-15-10-21(27-4)20(26-3)9-13(15)5-7-18(22)29-24(14)16/h6,8-10,18-19,22H,1,5,7,11H2,2-4H3/t18-,19-,22+/m1/s1. The summed E-state index contributed by atoms with van der Waals surface area (Å²) < 4.78 is 23.4. The number of hydrogen-bond donors (Lipinski definition) is 0. The van der Waals surface area contributed by atoms with Gasteiger partial charge in [0.1, 0.15) is 23.7 Å². The topological polar surface area (TPSA) is 54.0 Å². The largest absolute Gasteiger partial charge is 0.493 e. The molecule has 5 rings (SSSR count). The number of hydrogen-bond acceptors (Lipinski definition) is 5. The van der Waals surface area contributed by atoms with Crippen LogP contribution in [0.4, 0.5) is 0 Å². The van der Waals surface area contributed by atoms with Gasteiger partial charge < -0.3 is 18.9 Å². The summed E-state index contributed by atoms with van der Waals surface area (Å²) in [6, 6.07) is 7.64. The Morgan fingerprint density at radius 1 is 1.14 bits per heavy atom. The molecular weight excluding hydrogens is 368 g/mol. The Kier molecular flexibility index (Phi) is 4.09. The van der Waals surface area contributed by atoms with Crippen LogP contribution in [0.25, 0.3) is 0 Å². The molecule has 2 aromatic rings. The number of methoxy groups -OCH3 is 2. The molecule has 0 radical (unpaired) electrons. The number of aryl methyl sites for hydroxylation is 1. The second-order valence-electron chi connectivity index (χ2n) is 8.02. The lowest BCUT2D eigenvalue weighted by Crippen LogP contribution is -2.39. The fourth-order valence-corrected chi connectivity index (χ4v) is 4.76. The zero-order valence-corrected chi connectivity index (χ0v) is 16.9. The number of rotatable bonds is 3. The minimum atomic E-state index is -0.330. The van der Waals surface area contributed by atoms with Crippen molar-refractivity contribution >= 4 is 5.78 Å². The SMILES string of the molecule is C=C(C)[C@H]1Cc2c(ccc3c2O[C@@H]2CCc4cc(OC)c(OC)cc4[C@@H]2C3=O)O1. The molecule has 1 aliphatic carbocycles. The minimum Gasteiger partial charge on any atom is -0.493 e. The van der Waals surface area contributed by atoms with E-state index in [1.807, 2.05) is 31.2 Å². The Hall–Kier alpha value is -2.95. The molecule has 0 saturated carbocycles. The molecule has 29 heavy (non-hydrogen) atoms. The zero-order chi connectivity index (χ0) is 20.3. The molecule has 3 atom stereocenters. The number of carbonyl (C=O) groups is 1. The summed E-state index contributed by atoms with van der Waals surface area (Å²) in [5, 5.41) is 0. The fraction of sp³-hybridized carbons (Fsp3) is 0.375. The van der Waals surface area contributed by atoms with Gasteiger partial charge in [0.15, 0.2) is 17.3 Å². The molecule has 0 amide bonds. The predicted octanol–water partition coefficient (Wildman–Crippen LogP) is 4.26. The molecule has 2 aromatic carbocycles. The normalized spacial score (nSPS) is 23.7. The number of carbonyl (C=O) groups excluding carboxylic acids is 1. The molecule has 0 N–H and O–H groups in total. The molecule has 5 nitrogen and oxygen atoms in total. The van der Waals surface area contributed by atoms with Crippen molar-refractivity contribution in [2.45, 2.75) is 44.3 Å². The number of ketones is 1. The maximum Gasteiger partial charge on any atom is 0.177 e. The van der Waals surface area contributed by atoms with Gasteiger partial charge in [-0.1, -0.05) is 6.58 Å². The van der Waals surface area contributed by atoms with Crippen LogP contribution in [-0.4, -0.2) is 32.2 Å². The van der Waals surface area contributed by atoms with Gasteiger partial charge in [0, 0.05) is 12.0 Å². The summed E-state index contributed by atoms with van der Waals surface area (Å²) >= 11 is 0. The molecule has 3 aliphatic rings. The summed E-state index contributed by atoms with van der Waals surface area (Å²) in [5.74, 6) is 2.59. The highest BCUT2D eigenvalue weighted by Gasteiger charge is 2.44. The van der Waals surface area contributed by atoms with Crippen molar-refractivity contribution in [3.05, 3.63) is 58.7 Å². The first-order valence-corrected chi connectivity index (χ1v) is 9.95. The molecule has 0 spiro atoms. The molecule has 0 unspecified atom stereocenters. The Morgan fingerprint density at radius 2 is 1.90 bits per heavy atom. The monoisotopic (exact) mass is 392 g/mol. The summed E-state index contributed by atoms with van der Waals surface area (Å²) in [7, 11) is 3.24. The van der Waals surface area contributed by atoms with Crippen LogP contribution >= 0.6 is 0 Å². The third-order valence-corrected chi connectivity index (χ3v) is 6.29. The first kappa shape index (κ1) is 18.1. The van der Waals surface area contributed by atoms with E-state index in [0.717, 1.165) is 40.9 Å². The van der Waals surface area contributed by atoms with Crippen molar-refractivity contribution in [2.24, 2.45) is 0 Å². The van der Waals surface area contributed by atoms with Gasteiger partial charge in [-0.25, -0.2) is 0 Å². The lowest BCUT2D eigenvalue weighted by Gasteiger charge is -2.38. The van der Waals surface area contributed by atoms with E-state index in [2.05, 4.69) is 6.58 Å². The van der Waals surface area contributed by atoms with Crippen molar-refractivity contribution in [1.82, 2.24) is 0 Å². The molecule has 0 aromatic heterocycles. The number of fused-ring (bicyclic) bond motifs is 6. The van der Waals surface area contributed by atoms with Crippen LogP contribution in [0, 0.1) is 0 Å². The van der Waals surface area contributed by atoms with Crippen molar-refractivity contribution in [3.63, 3.8) is 0 Å². The molecule has 0 saturated heterocycles. The van der Waals surface area contributed by atoms with Crippen molar-refractivity contribution in [1.29, 1.82) is 0 Å². The molecule has 150 valence electrons. The summed E-state index contributed by atoms with van der Waals surface area (Å²) in [6.07, 6.45) is 2.07. The van der Waals surface area contributed by atoms with Gasteiger partial charge in [-0.15, -0.1) is 0 Å². The highest BCUT2D eigenvalue weighted by atomic mass is 16.5. The maximum absolute atomic E-state index is 13.6. The Labute approximate surface area is 170 Å². The first-order chi connectivity index (χ1) is 14.0. The van der Waals surface area contributed by atoms with Crippen LogP contribution in [0.5, 0.6) is 23.0 Å². The van der Waals surface area contributed by atoms with Gasteiger partial charge in [-0.05, 0) is 60.7 Å². The average Bonchev–Trinajstić information content (AvgIpc) is 3.17. The number of Topliss-reactive ketones (excluding diaryl/α,β-unsaturated/α-hetero) is 1. The van der Waals surface area contributed by atoms with Gasteiger partial charge >= 0.3 is 0 Å². The average molecular weight is 392 g/mol. The Balaban J connectivity index is 1.58. The third kappa shape index (κ3) is 2.64. The minimum absolute atomic E-state index is 0.0586. The van der Waals surface area contributed by atoms with Crippen LogP contribution in [0.1, 0.15) is 46.3 Å². The highest BCUT2D eigenvalue weighted by molar-refractivity contribution is 6.05. The van der Waals surface area contributed by atoms with E-state index in [0.29, 0.717) is 29.2 Å². The van der Waals surface area contributed by atoms with E-state index < -0.39 is 0 Å². The summed E-state index contributed by atoms with van der Waals surface area (Å²) in [6.45, 7) is 5.98. The Bertz CT molecular complexity index is 1040. The summed E-state index contributed by atoms with van der Waals surface area (Å²) in [5.41, 5.74) is 4.70. The van der Waals surface area contributed by atoms with E-state index in [9.17, 15) is 4.79 Å². The number of benzene rings is 2. The van der Waals surface area contributed by atoms with Crippen molar-refractivity contribution < 1.29 is 23.7 Å². The van der Waals surface area contributed by atoms with Crippen LogP contribution in [0.2, 0.25) is 0 Å². The molecule has 0 bridgehead atoms. The van der Waals surface area contributed by atoms with Crippen LogP contribution in [0.3, 0.4) is 0 Å². The van der Waals surface area contributed by atoms with Crippen molar-refractivity contribution in [2.75, 3.05) is 14.2 Å². The molecule has 5 heteroatoms. The van der Waals surface area contributed by atoms with E-state index in [1.54, 1.807) is 14.2 Å². The van der Waals surface area contributed by atoms with Gasteiger partial charge in [0.2, 0.25) is 0 Å². The van der Waals surface area contributed by atoms with Gasteiger partial charge in [-0.2, -0.15) is 0 Å². The second kappa shape index (κ2) is 6.55. The van der Waals surface area contributed by atoms with Crippen molar-refractivity contribution in [3.8, 4) is 23.0 Å². The van der Waals surface area contributed by atoms with Crippen LogP contribution < -0.4 is 18.9 Å². The van der Waals surface area contributed by atoms with Gasteiger partial charge in [-0.3, -0.25) is 4.79 Å². The lowest BCUT2D eigenvalue weighted by atomic mass is 9.74. The van der Waals surface area contributed by atoms with Crippen LogP contribution in [0.15, 0.2) is 36.4 Å². The molecule has 2 heterocycles. The van der Waals surface area contributed by atoms with Gasteiger partial charge in [0.05, 0.1) is 25.7 Å². The highest BCUT2D eigenvalue weighted by Crippen LogP contribution is 2.49. The molecular formula is C24H24O5. The maximum atomic E-state index is 13.6. The quantitative estimate of drug-likeness (QED) is 0.731. The fourth-order valence-electron chi connectivity index (χ4n) is 4.76. The summed E-state index contributed by atoms with van der Waals surface area (Å²) in [4.78, 5) is 13.6. The smallest absolute Gasteiger partial charge is 0.177 e. The van der Waals surface area contributed by atoms with Crippen LogP contribution in [-0.2, 0) is 12.8 Å². The first-order valence-electron chi connectivity index (χ1n) is 9.95.